The summed E-state index contributed by atoms with van der Waals surface area (Å²) in [6.45, 7) is 9.34. The van der Waals surface area contributed by atoms with E-state index in [1.165, 1.54) is 6.42 Å². The molecule has 1 aromatic carbocycles. The summed E-state index contributed by atoms with van der Waals surface area (Å²) >= 11 is 0. The minimum absolute atomic E-state index is 0.0285. The van der Waals surface area contributed by atoms with Crippen molar-refractivity contribution in [3.05, 3.63) is 40.2 Å². The third-order valence-electron chi connectivity index (χ3n) is 4.32. The molecule has 0 saturated carbocycles. The van der Waals surface area contributed by atoms with Crippen molar-refractivity contribution in [2.45, 2.75) is 20.3 Å². The lowest BCUT2D eigenvalue weighted by atomic mass is 10.1. The summed E-state index contributed by atoms with van der Waals surface area (Å²) in [5, 5.41) is 1.11. The van der Waals surface area contributed by atoms with Crippen LogP contribution < -0.4 is 10.5 Å². The maximum Gasteiger partial charge on any atom is 0.271 e. The Morgan fingerprint density at radius 1 is 1.19 bits per heavy atom. The average molecular weight is 285 g/mol. The lowest BCUT2D eigenvalue weighted by Crippen LogP contribution is -2.47. The molecule has 3 rings (SSSR count). The van der Waals surface area contributed by atoms with Gasteiger partial charge in [0.2, 0.25) is 0 Å². The zero-order valence-electron chi connectivity index (χ0n) is 12.9. The van der Waals surface area contributed by atoms with E-state index in [4.69, 9.17) is 0 Å². The van der Waals surface area contributed by atoms with Crippen LogP contribution in [0.5, 0.6) is 0 Å². The molecule has 0 amide bonds. The van der Waals surface area contributed by atoms with E-state index in [1.807, 2.05) is 25.1 Å². The smallest absolute Gasteiger partial charge is 0.271 e. The van der Waals surface area contributed by atoms with E-state index in [0.717, 1.165) is 54.9 Å². The molecule has 1 saturated heterocycles. The number of piperazine rings is 1. The van der Waals surface area contributed by atoms with Gasteiger partial charge in [0.1, 0.15) is 5.69 Å². The number of fused-ring (bicyclic) bond motifs is 1. The van der Waals surface area contributed by atoms with Crippen molar-refractivity contribution < 1.29 is 0 Å². The predicted octanol–water partition coefficient (Wildman–Crippen LogP) is 2.37. The van der Waals surface area contributed by atoms with Gasteiger partial charge in [-0.2, -0.15) is 0 Å². The van der Waals surface area contributed by atoms with E-state index in [1.54, 1.807) is 0 Å². The van der Waals surface area contributed by atoms with Gasteiger partial charge >= 0.3 is 0 Å². The molecule has 4 nitrogen and oxygen atoms in total. The first kappa shape index (κ1) is 14.1. The monoisotopic (exact) mass is 285 g/mol. The lowest BCUT2D eigenvalue weighted by molar-refractivity contribution is 0.258. The van der Waals surface area contributed by atoms with Crippen LogP contribution in [0.3, 0.4) is 0 Å². The molecule has 21 heavy (non-hydrogen) atoms. The quantitative estimate of drug-likeness (QED) is 0.941. The van der Waals surface area contributed by atoms with Crippen LogP contribution >= 0.6 is 0 Å². The maximum atomic E-state index is 12.4. The van der Waals surface area contributed by atoms with Crippen LogP contribution in [0.1, 0.15) is 18.9 Å². The Bertz CT molecular complexity index is 684. The van der Waals surface area contributed by atoms with E-state index in [0.29, 0.717) is 0 Å². The van der Waals surface area contributed by atoms with Crippen LogP contribution in [0.15, 0.2) is 29.1 Å². The molecule has 2 aromatic rings. The van der Waals surface area contributed by atoms with Gasteiger partial charge in [-0.15, -0.1) is 0 Å². The fourth-order valence-electron chi connectivity index (χ4n) is 3.14. The summed E-state index contributed by atoms with van der Waals surface area (Å²) in [5.41, 5.74) is 2.91. The summed E-state index contributed by atoms with van der Waals surface area (Å²) in [4.78, 5) is 20.1. The first-order valence-corrected chi connectivity index (χ1v) is 7.79. The van der Waals surface area contributed by atoms with Crippen molar-refractivity contribution in [3.63, 3.8) is 0 Å². The molecular formula is C17H23N3O. The molecule has 1 aliphatic heterocycles. The average Bonchev–Trinajstić information content (AvgIpc) is 2.49. The number of hydrogen-bond donors (Lipinski definition) is 1. The number of anilines is 1. The number of pyridine rings is 1. The number of rotatable bonds is 3. The minimum atomic E-state index is 0.0285. The third kappa shape index (κ3) is 2.81. The highest BCUT2D eigenvalue weighted by Crippen LogP contribution is 2.20. The van der Waals surface area contributed by atoms with Crippen molar-refractivity contribution in [2.75, 3.05) is 37.6 Å². The van der Waals surface area contributed by atoms with Gasteiger partial charge in [0.15, 0.2) is 0 Å². The van der Waals surface area contributed by atoms with E-state index in [-0.39, 0.29) is 5.56 Å². The molecule has 0 unspecified atom stereocenters. The van der Waals surface area contributed by atoms with Crippen LogP contribution in [-0.4, -0.2) is 42.6 Å². The van der Waals surface area contributed by atoms with Crippen molar-refractivity contribution >= 4 is 16.6 Å². The normalized spacial score (nSPS) is 16.6. The van der Waals surface area contributed by atoms with E-state index >= 15 is 0 Å². The van der Waals surface area contributed by atoms with Gasteiger partial charge in [-0.3, -0.25) is 9.69 Å². The largest absolute Gasteiger partial charge is 0.365 e. The van der Waals surface area contributed by atoms with Crippen molar-refractivity contribution in [3.8, 4) is 0 Å². The highest BCUT2D eigenvalue weighted by Gasteiger charge is 2.19. The van der Waals surface area contributed by atoms with Crippen LogP contribution in [0.2, 0.25) is 0 Å². The number of para-hydroxylation sites is 1. The van der Waals surface area contributed by atoms with E-state index < -0.39 is 0 Å². The van der Waals surface area contributed by atoms with Gasteiger partial charge in [-0.25, -0.2) is 0 Å². The first-order chi connectivity index (χ1) is 10.2. The highest BCUT2D eigenvalue weighted by molar-refractivity contribution is 5.84. The van der Waals surface area contributed by atoms with Gasteiger partial charge in [-0.05, 0) is 31.5 Å². The van der Waals surface area contributed by atoms with E-state index in [9.17, 15) is 4.79 Å². The molecule has 4 heteroatoms. The third-order valence-corrected chi connectivity index (χ3v) is 4.32. The predicted molar refractivity (Wildman–Crippen MR) is 88.2 cm³/mol. The molecule has 0 aliphatic carbocycles. The van der Waals surface area contributed by atoms with E-state index in [2.05, 4.69) is 27.8 Å². The van der Waals surface area contributed by atoms with Crippen molar-refractivity contribution in [2.24, 2.45) is 0 Å². The number of aromatic amines is 1. The van der Waals surface area contributed by atoms with Crippen LogP contribution in [-0.2, 0) is 0 Å². The summed E-state index contributed by atoms with van der Waals surface area (Å²) < 4.78 is 0. The number of benzene rings is 1. The molecule has 1 N–H and O–H groups in total. The Balaban J connectivity index is 1.88. The molecule has 2 heterocycles. The lowest BCUT2D eigenvalue weighted by Gasteiger charge is -2.35. The second kappa shape index (κ2) is 5.90. The summed E-state index contributed by atoms with van der Waals surface area (Å²) in [5.74, 6) is 0. The SMILES string of the molecule is CCCN1CCN(c2cc3cccc(C)c3[nH]c2=O)CC1. The van der Waals surface area contributed by atoms with Gasteiger partial charge in [0.05, 0.1) is 5.52 Å². The van der Waals surface area contributed by atoms with Gasteiger partial charge in [-0.1, -0.05) is 25.1 Å². The zero-order valence-corrected chi connectivity index (χ0v) is 12.9. The Morgan fingerprint density at radius 3 is 2.67 bits per heavy atom. The summed E-state index contributed by atoms with van der Waals surface area (Å²) in [6, 6.07) is 8.17. The molecule has 0 bridgehead atoms. The van der Waals surface area contributed by atoms with Crippen LogP contribution in [0.4, 0.5) is 5.69 Å². The number of aryl methyl sites for hydroxylation is 1. The Kier molecular flexibility index (Phi) is 3.97. The molecule has 1 aromatic heterocycles. The van der Waals surface area contributed by atoms with Crippen molar-refractivity contribution in [1.29, 1.82) is 0 Å². The minimum Gasteiger partial charge on any atom is -0.365 e. The summed E-state index contributed by atoms with van der Waals surface area (Å²) in [6.07, 6.45) is 1.19. The van der Waals surface area contributed by atoms with Crippen molar-refractivity contribution in [1.82, 2.24) is 9.88 Å². The number of aromatic nitrogens is 1. The topological polar surface area (TPSA) is 39.3 Å². The second-order valence-electron chi connectivity index (χ2n) is 5.85. The van der Waals surface area contributed by atoms with Crippen LogP contribution in [0.25, 0.3) is 10.9 Å². The Labute approximate surface area is 125 Å². The Morgan fingerprint density at radius 2 is 1.95 bits per heavy atom. The molecule has 0 spiro atoms. The number of nitrogens with zero attached hydrogens (tertiary/aromatic N) is 2. The fourth-order valence-corrected chi connectivity index (χ4v) is 3.14. The number of nitrogens with one attached hydrogen (secondary N) is 1. The number of hydrogen-bond acceptors (Lipinski definition) is 3. The standard InChI is InChI=1S/C17H23N3O/c1-3-7-19-8-10-20(11-9-19)15-12-14-6-4-5-13(2)16(14)18-17(15)21/h4-6,12H,3,7-11H2,1-2H3,(H,18,21). The zero-order chi connectivity index (χ0) is 14.8. The molecule has 0 atom stereocenters. The second-order valence-corrected chi connectivity index (χ2v) is 5.85. The summed E-state index contributed by atoms with van der Waals surface area (Å²) in [7, 11) is 0. The molecular weight excluding hydrogens is 262 g/mol. The first-order valence-electron chi connectivity index (χ1n) is 7.79. The highest BCUT2D eigenvalue weighted by atomic mass is 16.1. The van der Waals surface area contributed by atoms with Crippen LogP contribution in [0, 0.1) is 6.92 Å². The van der Waals surface area contributed by atoms with Gasteiger partial charge in [0, 0.05) is 31.6 Å². The Hall–Kier alpha value is -1.81. The molecule has 112 valence electrons. The molecule has 1 aliphatic rings. The maximum absolute atomic E-state index is 12.4. The van der Waals surface area contributed by atoms with Gasteiger partial charge < -0.3 is 9.88 Å². The van der Waals surface area contributed by atoms with Gasteiger partial charge in [0.25, 0.3) is 5.56 Å². The fraction of sp³-hybridized carbons (Fsp3) is 0.471. The molecule has 1 fully saturated rings. The molecule has 0 radical (unpaired) electrons. The number of H-pyrrole nitrogens is 1.